The first-order valence-electron chi connectivity index (χ1n) is 12.4. The van der Waals surface area contributed by atoms with Gasteiger partial charge in [-0.05, 0) is 76.0 Å². The van der Waals surface area contributed by atoms with Crippen LogP contribution < -0.4 is 0 Å². The average molecular weight is 517 g/mol. The van der Waals surface area contributed by atoms with Crippen LogP contribution in [0.25, 0.3) is 66.4 Å². The van der Waals surface area contributed by atoms with Crippen LogP contribution in [-0.4, -0.2) is 9.97 Å². The number of rotatable bonds is 3. The molecule has 7 aromatic rings. The predicted octanol–water partition coefficient (Wildman–Crippen LogP) is 9.55. The zero-order valence-corrected chi connectivity index (χ0v) is 20.4. The second-order valence-electron chi connectivity index (χ2n) is 9.42. The van der Waals surface area contributed by atoms with E-state index in [9.17, 15) is 13.2 Å². The Bertz CT molecular complexity index is 1990. The molecule has 0 spiro atoms. The molecule has 7 rings (SSSR count). The zero-order valence-electron chi connectivity index (χ0n) is 20.4. The number of fused-ring (bicyclic) bond motifs is 4. The zero-order chi connectivity index (χ0) is 26.6. The Morgan fingerprint density at radius 2 is 1.28 bits per heavy atom. The molecule has 3 aromatic heterocycles. The quantitative estimate of drug-likeness (QED) is 0.235. The van der Waals surface area contributed by atoms with Gasteiger partial charge in [-0.15, -0.1) is 0 Å². The van der Waals surface area contributed by atoms with E-state index < -0.39 is 11.7 Å². The van der Waals surface area contributed by atoms with Crippen molar-refractivity contribution in [1.82, 2.24) is 9.97 Å². The third-order valence-electron chi connectivity index (χ3n) is 7.03. The molecule has 0 saturated carbocycles. The average Bonchev–Trinajstić information content (AvgIpc) is 3.35. The second-order valence-corrected chi connectivity index (χ2v) is 9.42. The second kappa shape index (κ2) is 8.81. The number of pyridine rings is 2. The van der Waals surface area contributed by atoms with E-state index in [4.69, 9.17) is 9.40 Å². The van der Waals surface area contributed by atoms with Crippen molar-refractivity contribution in [2.24, 2.45) is 0 Å². The maximum Gasteiger partial charge on any atom is 0.416 e. The van der Waals surface area contributed by atoms with Crippen LogP contribution in [0.4, 0.5) is 13.2 Å². The first-order chi connectivity index (χ1) is 18.9. The van der Waals surface area contributed by atoms with Crippen molar-refractivity contribution in [3.05, 3.63) is 121 Å². The summed E-state index contributed by atoms with van der Waals surface area (Å²) in [5.74, 6) is 0. The van der Waals surface area contributed by atoms with Gasteiger partial charge in [0.15, 0.2) is 0 Å². The van der Waals surface area contributed by atoms with Gasteiger partial charge in [-0.1, -0.05) is 54.6 Å². The van der Waals surface area contributed by atoms with Crippen molar-refractivity contribution in [1.29, 1.82) is 0 Å². The molecule has 0 N–H and O–H groups in total. The van der Waals surface area contributed by atoms with Crippen LogP contribution in [-0.2, 0) is 6.18 Å². The van der Waals surface area contributed by atoms with Gasteiger partial charge in [0.1, 0.15) is 5.58 Å². The van der Waals surface area contributed by atoms with Gasteiger partial charge in [-0.2, -0.15) is 13.2 Å². The molecule has 0 bridgehead atoms. The highest BCUT2D eigenvalue weighted by atomic mass is 19.4. The minimum atomic E-state index is -4.35. The molecule has 0 aliphatic heterocycles. The lowest BCUT2D eigenvalue weighted by atomic mass is 9.97. The molecule has 0 fully saturated rings. The van der Waals surface area contributed by atoms with Gasteiger partial charge in [0.2, 0.25) is 5.71 Å². The summed E-state index contributed by atoms with van der Waals surface area (Å²) < 4.78 is 44.9. The summed E-state index contributed by atoms with van der Waals surface area (Å²) in [7, 11) is 0. The largest absolute Gasteiger partial charge is 0.437 e. The summed E-state index contributed by atoms with van der Waals surface area (Å²) in [6.45, 7) is 0. The number of alkyl halides is 3. The molecule has 0 aliphatic rings. The first-order valence-corrected chi connectivity index (χ1v) is 12.4. The fourth-order valence-corrected chi connectivity index (χ4v) is 5.02. The van der Waals surface area contributed by atoms with Crippen molar-refractivity contribution in [3.8, 4) is 33.5 Å². The van der Waals surface area contributed by atoms with Crippen molar-refractivity contribution in [2.45, 2.75) is 6.18 Å². The van der Waals surface area contributed by atoms with Crippen molar-refractivity contribution >= 4 is 32.8 Å². The summed E-state index contributed by atoms with van der Waals surface area (Å²) in [6.07, 6.45) is -0.792. The van der Waals surface area contributed by atoms with Crippen LogP contribution in [0.1, 0.15) is 5.56 Å². The number of hydrogen-bond acceptors (Lipinski definition) is 3. The monoisotopic (exact) mass is 516 g/mol. The minimum absolute atomic E-state index is 0.600. The molecular weight excluding hydrogens is 497 g/mol. The van der Waals surface area contributed by atoms with Crippen molar-refractivity contribution < 1.29 is 17.6 Å². The molecule has 3 heterocycles. The number of hydrogen-bond donors (Lipinski definition) is 0. The SMILES string of the molecule is FC(F)(F)c1ccc(-c2ccc3ccc(-c4ccc(-c5cccc6c5oc5ncccc56)nc4)cc3c2)cc1. The fourth-order valence-electron chi connectivity index (χ4n) is 5.02. The lowest BCUT2D eigenvalue weighted by molar-refractivity contribution is -0.137. The number of aromatic nitrogens is 2. The normalized spacial score (nSPS) is 12.0. The van der Waals surface area contributed by atoms with Gasteiger partial charge in [0, 0.05) is 34.3 Å². The maximum absolute atomic E-state index is 13.0. The summed E-state index contributed by atoms with van der Waals surface area (Å²) in [4.78, 5) is 9.09. The van der Waals surface area contributed by atoms with E-state index in [-0.39, 0.29) is 0 Å². The summed E-state index contributed by atoms with van der Waals surface area (Å²) in [5, 5.41) is 4.01. The van der Waals surface area contributed by atoms with Crippen LogP contribution >= 0.6 is 0 Å². The fraction of sp³-hybridized carbons (Fsp3) is 0.0303. The van der Waals surface area contributed by atoms with Gasteiger partial charge in [-0.25, -0.2) is 4.98 Å². The molecule has 0 aliphatic carbocycles. The maximum atomic E-state index is 13.0. The third-order valence-corrected chi connectivity index (χ3v) is 7.03. The smallest absolute Gasteiger partial charge is 0.416 e. The van der Waals surface area contributed by atoms with E-state index in [1.807, 2.05) is 79.0 Å². The Morgan fingerprint density at radius 3 is 2.00 bits per heavy atom. The van der Waals surface area contributed by atoms with E-state index >= 15 is 0 Å². The Labute approximate surface area is 221 Å². The predicted molar refractivity (Wildman–Crippen MR) is 148 cm³/mol. The molecule has 0 saturated heterocycles. The molecule has 0 atom stereocenters. The van der Waals surface area contributed by atoms with Crippen LogP contribution in [0.15, 0.2) is 120 Å². The Morgan fingerprint density at radius 1 is 0.590 bits per heavy atom. The first kappa shape index (κ1) is 23.2. The van der Waals surface area contributed by atoms with Gasteiger partial charge in [-0.3, -0.25) is 4.98 Å². The molecule has 188 valence electrons. The summed E-state index contributed by atoms with van der Waals surface area (Å²) >= 11 is 0. The topological polar surface area (TPSA) is 38.9 Å². The van der Waals surface area contributed by atoms with Gasteiger partial charge in [0.05, 0.1) is 11.3 Å². The van der Waals surface area contributed by atoms with Gasteiger partial charge >= 0.3 is 6.18 Å². The minimum Gasteiger partial charge on any atom is -0.437 e. The van der Waals surface area contributed by atoms with E-state index in [1.165, 1.54) is 12.1 Å². The van der Waals surface area contributed by atoms with E-state index in [0.29, 0.717) is 5.71 Å². The highest BCUT2D eigenvalue weighted by molar-refractivity contribution is 6.08. The lowest BCUT2D eigenvalue weighted by Crippen LogP contribution is -2.03. The summed E-state index contributed by atoms with van der Waals surface area (Å²) in [6, 6.07) is 31.2. The van der Waals surface area contributed by atoms with E-state index in [2.05, 4.69) is 11.1 Å². The molecule has 39 heavy (non-hydrogen) atoms. The molecule has 0 unspecified atom stereocenters. The van der Waals surface area contributed by atoms with Gasteiger partial charge < -0.3 is 4.42 Å². The number of benzene rings is 4. The highest BCUT2D eigenvalue weighted by Crippen LogP contribution is 2.36. The number of para-hydroxylation sites is 1. The van der Waals surface area contributed by atoms with Crippen LogP contribution in [0.5, 0.6) is 0 Å². The Balaban J connectivity index is 1.23. The summed E-state index contributed by atoms with van der Waals surface area (Å²) in [5.41, 5.74) is 5.95. The molecular formula is C33H19F3N2O. The Hall–Kier alpha value is -4.97. The molecule has 4 aromatic carbocycles. The van der Waals surface area contributed by atoms with E-state index in [0.717, 1.165) is 72.8 Å². The van der Waals surface area contributed by atoms with Gasteiger partial charge in [0.25, 0.3) is 0 Å². The Kier molecular flexibility index (Phi) is 5.23. The van der Waals surface area contributed by atoms with Crippen molar-refractivity contribution in [3.63, 3.8) is 0 Å². The molecule has 0 amide bonds. The van der Waals surface area contributed by atoms with E-state index in [1.54, 1.807) is 6.20 Å². The molecule has 3 nitrogen and oxygen atoms in total. The van der Waals surface area contributed by atoms with Crippen LogP contribution in [0.3, 0.4) is 0 Å². The highest BCUT2D eigenvalue weighted by Gasteiger charge is 2.30. The number of halogens is 3. The van der Waals surface area contributed by atoms with Crippen molar-refractivity contribution in [2.75, 3.05) is 0 Å². The molecule has 0 radical (unpaired) electrons. The lowest BCUT2D eigenvalue weighted by Gasteiger charge is -2.10. The third kappa shape index (κ3) is 4.10. The number of nitrogens with zero attached hydrogens (tertiary/aromatic N) is 2. The number of furan rings is 1. The van der Waals surface area contributed by atoms with Crippen LogP contribution in [0, 0.1) is 0 Å². The molecule has 6 heteroatoms. The van der Waals surface area contributed by atoms with Crippen LogP contribution in [0.2, 0.25) is 0 Å². The standard InChI is InChI=1S/C33H19F3N2O/c34-33(35,36)26-13-10-20(11-14-26)22-8-6-21-7-9-23(18-25(21)17-22)24-12-15-30(38-19-24)29-4-1-3-27-28-5-2-16-37-32(28)39-31(27)29/h1-19H.